The number of carboxylic acids is 1. The fraction of sp³-hybridized carbons (Fsp3) is 0.500. The van der Waals surface area contributed by atoms with Crippen LogP contribution in [0.2, 0.25) is 0 Å². The normalized spacial score (nSPS) is 21.9. The summed E-state index contributed by atoms with van der Waals surface area (Å²) in [5.41, 5.74) is -0.510. The fourth-order valence-electron chi connectivity index (χ4n) is 2.88. The van der Waals surface area contributed by atoms with E-state index in [0.29, 0.717) is 18.5 Å². The van der Waals surface area contributed by atoms with Crippen LogP contribution in [0.15, 0.2) is 18.2 Å². The summed E-state index contributed by atoms with van der Waals surface area (Å²) in [5, 5.41) is 9.49. The molecule has 1 aromatic carbocycles. The summed E-state index contributed by atoms with van der Waals surface area (Å²) in [6, 6.07) is 4.68. The van der Waals surface area contributed by atoms with Crippen molar-refractivity contribution in [1.29, 1.82) is 0 Å². The van der Waals surface area contributed by atoms with Gasteiger partial charge in [0.15, 0.2) is 0 Å². The maximum absolute atomic E-state index is 14.1. The monoisotopic (exact) mass is 293 g/mol. The maximum atomic E-state index is 14.1. The van der Waals surface area contributed by atoms with E-state index >= 15 is 0 Å². The SMILES string of the molecule is Cc1cccc(C(=O)N2CCC(C(=O)O)(C(C)C)C2)c1F. The third-order valence-corrected chi connectivity index (χ3v) is 4.54. The Labute approximate surface area is 123 Å². The molecule has 1 fully saturated rings. The molecule has 0 aliphatic carbocycles. The molecule has 21 heavy (non-hydrogen) atoms. The average molecular weight is 293 g/mol. The smallest absolute Gasteiger partial charge is 0.311 e. The van der Waals surface area contributed by atoms with Gasteiger partial charge in [0, 0.05) is 13.1 Å². The van der Waals surface area contributed by atoms with Crippen LogP contribution >= 0.6 is 0 Å². The highest BCUT2D eigenvalue weighted by atomic mass is 19.1. The van der Waals surface area contributed by atoms with Crippen LogP contribution in [0.4, 0.5) is 4.39 Å². The van der Waals surface area contributed by atoms with Crippen molar-refractivity contribution < 1.29 is 19.1 Å². The number of halogens is 1. The van der Waals surface area contributed by atoms with E-state index in [1.165, 1.54) is 11.0 Å². The summed E-state index contributed by atoms with van der Waals surface area (Å²) in [6.07, 6.45) is 0.402. The number of nitrogens with zero attached hydrogens (tertiary/aromatic N) is 1. The summed E-state index contributed by atoms with van der Waals surface area (Å²) >= 11 is 0. The number of carbonyl (C=O) groups is 2. The fourth-order valence-corrected chi connectivity index (χ4v) is 2.88. The van der Waals surface area contributed by atoms with Crippen molar-refractivity contribution >= 4 is 11.9 Å². The lowest BCUT2D eigenvalue weighted by molar-refractivity contribution is -0.150. The number of rotatable bonds is 3. The van der Waals surface area contributed by atoms with E-state index in [4.69, 9.17) is 0 Å². The molecular weight excluding hydrogens is 273 g/mol. The molecule has 1 unspecified atom stereocenters. The van der Waals surface area contributed by atoms with Gasteiger partial charge in [0.1, 0.15) is 5.82 Å². The second kappa shape index (κ2) is 5.47. The van der Waals surface area contributed by atoms with Gasteiger partial charge in [0.05, 0.1) is 11.0 Å². The first-order valence-corrected chi connectivity index (χ1v) is 7.07. The second-order valence-corrected chi connectivity index (χ2v) is 6.03. The van der Waals surface area contributed by atoms with Crippen molar-refractivity contribution in [3.05, 3.63) is 35.1 Å². The molecule has 0 spiro atoms. The Bertz CT molecular complexity index is 585. The highest BCUT2D eigenvalue weighted by Gasteiger charge is 2.48. The van der Waals surface area contributed by atoms with E-state index in [2.05, 4.69) is 0 Å². The van der Waals surface area contributed by atoms with Crippen molar-refractivity contribution in [3.63, 3.8) is 0 Å². The number of aliphatic carboxylic acids is 1. The van der Waals surface area contributed by atoms with E-state index in [-0.39, 0.29) is 18.0 Å². The van der Waals surface area contributed by atoms with Gasteiger partial charge in [-0.25, -0.2) is 4.39 Å². The third-order valence-electron chi connectivity index (χ3n) is 4.54. The zero-order valence-electron chi connectivity index (χ0n) is 12.5. The van der Waals surface area contributed by atoms with Crippen LogP contribution in [-0.2, 0) is 4.79 Å². The predicted molar refractivity (Wildman–Crippen MR) is 76.6 cm³/mol. The van der Waals surface area contributed by atoms with Gasteiger partial charge in [0.25, 0.3) is 5.91 Å². The van der Waals surface area contributed by atoms with E-state index in [1.807, 2.05) is 13.8 Å². The van der Waals surface area contributed by atoms with Crippen LogP contribution in [0.25, 0.3) is 0 Å². The number of carboxylic acid groups (broad SMARTS) is 1. The molecule has 1 amide bonds. The van der Waals surface area contributed by atoms with Gasteiger partial charge < -0.3 is 10.0 Å². The van der Waals surface area contributed by atoms with Crippen molar-refractivity contribution in [3.8, 4) is 0 Å². The summed E-state index contributed by atoms with van der Waals surface area (Å²) < 4.78 is 14.1. The predicted octanol–water partition coefficient (Wildman–Crippen LogP) is 2.71. The van der Waals surface area contributed by atoms with Gasteiger partial charge in [-0.1, -0.05) is 26.0 Å². The van der Waals surface area contributed by atoms with Crippen LogP contribution in [-0.4, -0.2) is 35.0 Å². The van der Waals surface area contributed by atoms with Crippen molar-refractivity contribution in [2.75, 3.05) is 13.1 Å². The van der Waals surface area contributed by atoms with E-state index in [1.54, 1.807) is 19.1 Å². The first-order chi connectivity index (χ1) is 9.79. The zero-order valence-corrected chi connectivity index (χ0v) is 12.5. The molecule has 0 aromatic heterocycles. The molecule has 2 rings (SSSR count). The number of benzene rings is 1. The first-order valence-electron chi connectivity index (χ1n) is 7.07. The van der Waals surface area contributed by atoms with Crippen LogP contribution in [0.5, 0.6) is 0 Å². The Balaban J connectivity index is 2.27. The number of aryl methyl sites for hydroxylation is 1. The molecule has 0 radical (unpaired) electrons. The van der Waals surface area contributed by atoms with Crippen LogP contribution in [0.1, 0.15) is 36.2 Å². The van der Waals surface area contributed by atoms with Crippen LogP contribution in [0, 0.1) is 24.1 Å². The van der Waals surface area contributed by atoms with Crippen LogP contribution in [0.3, 0.4) is 0 Å². The molecule has 0 saturated carbocycles. The molecule has 1 atom stereocenters. The lowest BCUT2D eigenvalue weighted by Crippen LogP contribution is -2.40. The molecule has 1 saturated heterocycles. The molecule has 5 heteroatoms. The Kier molecular flexibility index (Phi) is 4.03. The molecule has 0 bridgehead atoms. The Morgan fingerprint density at radius 1 is 1.38 bits per heavy atom. The van der Waals surface area contributed by atoms with Crippen molar-refractivity contribution in [2.24, 2.45) is 11.3 Å². The van der Waals surface area contributed by atoms with Crippen LogP contribution < -0.4 is 0 Å². The number of amides is 1. The highest BCUT2D eigenvalue weighted by molar-refractivity contribution is 5.95. The minimum atomic E-state index is -0.935. The van der Waals surface area contributed by atoms with E-state index in [0.717, 1.165) is 0 Å². The van der Waals surface area contributed by atoms with Gasteiger partial charge in [0.2, 0.25) is 0 Å². The maximum Gasteiger partial charge on any atom is 0.311 e. The third kappa shape index (κ3) is 2.52. The molecule has 1 N–H and O–H groups in total. The molecule has 1 aromatic rings. The lowest BCUT2D eigenvalue weighted by atomic mass is 9.76. The van der Waals surface area contributed by atoms with Gasteiger partial charge in [-0.15, -0.1) is 0 Å². The number of hydrogen-bond acceptors (Lipinski definition) is 2. The lowest BCUT2D eigenvalue weighted by Gasteiger charge is -2.28. The number of hydrogen-bond donors (Lipinski definition) is 1. The molecule has 1 heterocycles. The molecule has 4 nitrogen and oxygen atoms in total. The molecule has 114 valence electrons. The Morgan fingerprint density at radius 3 is 2.57 bits per heavy atom. The number of carbonyl (C=O) groups excluding carboxylic acids is 1. The van der Waals surface area contributed by atoms with Gasteiger partial charge in [-0.05, 0) is 30.9 Å². The van der Waals surface area contributed by atoms with E-state index in [9.17, 15) is 19.1 Å². The second-order valence-electron chi connectivity index (χ2n) is 6.03. The molecule has 1 aliphatic rings. The molecular formula is C16H20FNO3. The quantitative estimate of drug-likeness (QED) is 0.932. The molecule has 1 aliphatic heterocycles. The summed E-state index contributed by atoms with van der Waals surface area (Å²) in [7, 11) is 0. The minimum Gasteiger partial charge on any atom is -0.481 e. The largest absolute Gasteiger partial charge is 0.481 e. The van der Waals surface area contributed by atoms with Crippen molar-refractivity contribution in [2.45, 2.75) is 27.2 Å². The summed E-state index contributed by atoms with van der Waals surface area (Å²) in [5.74, 6) is -1.94. The summed E-state index contributed by atoms with van der Waals surface area (Å²) in [4.78, 5) is 25.5. The van der Waals surface area contributed by atoms with Gasteiger partial charge in [-0.2, -0.15) is 0 Å². The van der Waals surface area contributed by atoms with Crippen molar-refractivity contribution in [1.82, 2.24) is 4.90 Å². The van der Waals surface area contributed by atoms with Gasteiger partial charge in [-0.3, -0.25) is 9.59 Å². The standard InChI is InChI=1S/C16H20FNO3/c1-10(2)16(15(20)21)7-8-18(9-16)14(19)12-6-4-5-11(3)13(12)17/h4-6,10H,7-9H2,1-3H3,(H,20,21). The Hall–Kier alpha value is -1.91. The summed E-state index contributed by atoms with van der Waals surface area (Å²) in [6.45, 7) is 5.76. The minimum absolute atomic E-state index is 0.0138. The zero-order chi connectivity index (χ0) is 15.8. The van der Waals surface area contributed by atoms with E-state index < -0.39 is 23.1 Å². The Morgan fingerprint density at radius 2 is 2.05 bits per heavy atom. The first kappa shape index (κ1) is 15.5. The number of likely N-dealkylation sites (tertiary alicyclic amines) is 1. The van der Waals surface area contributed by atoms with Gasteiger partial charge >= 0.3 is 5.97 Å². The highest BCUT2D eigenvalue weighted by Crippen LogP contribution is 2.38. The topological polar surface area (TPSA) is 57.6 Å². The average Bonchev–Trinajstić information content (AvgIpc) is 2.87.